The molecule has 1 N–H and O–H groups in total. The van der Waals surface area contributed by atoms with Crippen molar-refractivity contribution in [2.24, 2.45) is 0 Å². The lowest BCUT2D eigenvalue weighted by Gasteiger charge is -2.04. The first-order chi connectivity index (χ1) is 8.28. The number of benzene rings is 2. The minimum atomic E-state index is 0.114. The van der Waals surface area contributed by atoms with E-state index in [9.17, 15) is 0 Å². The zero-order valence-electron chi connectivity index (χ0n) is 9.89. The van der Waals surface area contributed by atoms with Crippen molar-refractivity contribution in [1.29, 1.82) is 0 Å². The predicted octanol–water partition coefficient (Wildman–Crippen LogP) is 3.78. The van der Waals surface area contributed by atoms with Crippen LogP contribution in [-0.2, 0) is 12.4 Å². The van der Waals surface area contributed by atoms with E-state index in [1.807, 2.05) is 23.9 Å². The number of aliphatic hydroxyl groups excluding tert-OH is 1. The molecule has 88 valence electrons. The fourth-order valence-corrected chi connectivity index (χ4v) is 2.50. The highest BCUT2D eigenvalue weighted by atomic mass is 32.2. The van der Waals surface area contributed by atoms with Gasteiger partial charge in [0.2, 0.25) is 0 Å². The van der Waals surface area contributed by atoms with Crippen molar-refractivity contribution in [3.8, 4) is 0 Å². The molecule has 0 fully saturated rings. The van der Waals surface area contributed by atoms with E-state index in [0.717, 1.165) is 11.3 Å². The van der Waals surface area contributed by atoms with Gasteiger partial charge in [0.15, 0.2) is 0 Å². The van der Waals surface area contributed by atoms with Crippen LogP contribution in [0.5, 0.6) is 0 Å². The Kier molecular flexibility index (Phi) is 4.24. The van der Waals surface area contributed by atoms with Crippen LogP contribution in [0.4, 0.5) is 0 Å². The summed E-state index contributed by atoms with van der Waals surface area (Å²) in [5.74, 6) is 0.986. The lowest BCUT2D eigenvalue weighted by molar-refractivity contribution is 0.282. The maximum Gasteiger partial charge on any atom is 0.0681 e. The van der Waals surface area contributed by atoms with Crippen LogP contribution in [0.3, 0.4) is 0 Å². The summed E-state index contributed by atoms with van der Waals surface area (Å²) in [6, 6.07) is 16.6. The van der Waals surface area contributed by atoms with Gasteiger partial charge in [-0.05, 0) is 30.2 Å². The van der Waals surface area contributed by atoms with E-state index in [0.29, 0.717) is 0 Å². The van der Waals surface area contributed by atoms with Gasteiger partial charge in [-0.1, -0.05) is 42.0 Å². The first-order valence-electron chi connectivity index (χ1n) is 5.66. The number of hydrogen-bond acceptors (Lipinski definition) is 2. The molecule has 0 bridgehead atoms. The van der Waals surface area contributed by atoms with Gasteiger partial charge >= 0.3 is 0 Å². The third-order valence-corrected chi connectivity index (χ3v) is 3.68. The topological polar surface area (TPSA) is 20.2 Å². The fraction of sp³-hybridized carbons (Fsp3) is 0.200. The van der Waals surface area contributed by atoms with E-state index in [-0.39, 0.29) is 6.61 Å². The monoisotopic (exact) mass is 244 g/mol. The first kappa shape index (κ1) is 12.2. The molecule has 2 aromatic rings. The molecule has 0 unspecified atom stereocenters. The van der Waals surface area contributed by atoms with Gasteiger partial charge in [0.25, 0.3) is 0 Å². The molecule has 0 spiro atoms. The Balaban J connectivity index is 1.97. The minimum Gasteiger partial charge on any atom is -0.392 e. The first-order valence-corrected chi connectivity index (χ1v) is 6.64. The number of aliphatic hydroxyl groups is 1. The van der Waals surface area contributed by atoms with Crippen LogP contribution in [0.15, 0.2) is 53.4 Å². The van der Waals surface area contributed by atoms with Gasteiger partial charge < -0.3 is 5.11 Å². The van der Waals surface area contributed by atoms with E-state index in [4.69, 9.17) is 5.11 Å². The van der Waals surface area contributed by atoms with Crippen molar-refractivity contribution >= 4 is 11.8 Å². The summed E-state index contributed by atoms with van der Waals surface area (Å²) in [4.78, 5) is 1.24. The quantitative estimate of drug-likeness (QED) is 0.826. The second-order valence-electron chi connectivity index (χ2n) is 4.08. The molecule has 2 heteroatoms. The van der Waals surface area contributed by atoms with Gasteiger partial charge in [0.05, 0.1) is 6.61 Å². The van der Waals surface area contributed by atoms with E-state index in [2.05, 4.69) is 43.3 Å². The van der Waals surface area contributed by atoms with Crippen molar-refractivity contribution in [3.63, 3.8) is 0 Å². The molecule has 0 aliphatic heterocycles. The Labute approximate surface area is 107 Å². The molecule has 17 heavy (non-hydrogen) atoms. The van der Waals surface area contributed by atoms with Gasteiger partial charge in [-0.3, -0.25) is 0 Å². The Morgan fingerprint density at radius 3 is 2.41 bits per heavy atom. The Morgan fingerprint density at radius 1 is 1.00 bits per heavy atom. The second kappa shape index (κ2) is 5.89. The summed E-state index contributed by atoms with van der Waals surface area (Å²) in [6.45, 7) is 2.23. The Bertz CT molecular complexity index is 477. The van der Waals surface area contributed by atoms with Crippen LogP contribution in [0, 0.1) is 6.92 Å². The molecule has 0 radical (unpaired) electrons. The van der Waals surface area contributed by atoms with Crippen LogP contribution in [0.25, 0.3) is 0 Å². The van der Waals surface area contributed by atoms with E-state index < -0.39 is 0 Å². The van der Waals surface area contributed by atoms with E-state index in [1.54, 1.807) is 0 Å². The molecule has 0 saturated carbocycles. The second-order valence-corrected chi connectivity index (χ2v) is 5.13. The summed E-state index contributed by atoms with van der Waals surface area (Å²) in [6.07, 6.45) is 0. The third kappa shape index (κ3) is 3.62. The van der Waals surface area contributed by atoms with E-state index in [1.165, 1.54) is 16.0 Å². The standard InChI is InChI=1S/C15H16OS/c1-12-3-2-4-14(9-12)11-17-15-7-5-13(10-16)6-8-15/h2-9,16H,10-11H2,1H3. The maximum absolute atomic E-state index is 8.96. The molecule has 0 atom stereocenters. The summed E-state index contributed by atoms with van der Waals surface area (Å²) < 4.78 is 0. The molecule has 2 aromatic carbocycles. The normalized spacial score (nSPS) is 10.5. The van der Waals surface area contributed by atoms with Crippen LogP contribution in [0.2, 0.25) is 0 Å². The number of aryl methyl sites for hydroxylation is 1. The van der Waals surface area contributed by atoms with E-state index >= 15 is 0 Å². The predicted molar refractivity (Wildman–Crippen MR) is 73.1 cm³/mol. The van der Waals surface area contributed by atoms with Crippen LogP contribution < -0.4 is 0 Å². The van der Waals surface area contributed by atoms with Gasteiger partial charge in [-0.2, -0.15) is 0 Å². The van der Waals surface area contributed by atoms with Crippen LogP contribution in [0.1, 0.15) is 16.7 Å². The molecule has 2 rings (SSSR count). The summed E-state index contributed by atoms with van der Waals surface area (Å²) in [5.41, 5.74) is 3.62. The van der Waals surface area contributed by atoms with Crippen molar-refractivity contribution in [2.45, 2.75) is 24.2 Å². The molecule has 1 nitrogen and oxygen atoms in total. The summed E-state index contributed by atoms with van der Waals surface area (Å²) >= 11 is 1.82. The molecule has 0 saturated heterocycles. The molecule has 0 aromatic heterocycles. The summed E-state index contributed by atoms with van der Waals surface area (Å²) in [5, 5.41) is 8.96. The zero-order valence-corrected chi connectivity index (χ0v) is 10.7. The van der Waals surface area contributed by atoms with Gasteiger partial charge in [0, 0.05) is 10.6 Å². The molecular formula is C15H16OS. The average Bonchev–Trinajstić information content (AvgIpc) is 2.37. The van der Waals surface area contributed by atoms with Gasteiger partial charge in [0.1, 0.15) is 0 Å². The SMILES string of the molecule is Cc1cccc(CSc2ccc(CO)cc2)c1. The van der Waals surface area contributed by atoms with Crippen molar-refractivity contribution < 1.29 is 5.11 Å². The van der Waals surface area contributed by atoms with Crippen LogP contribution in [-0.4, -0.2) is 5.11 Å². The molecule has 0 aliphatic carbocycles. The number of rotatable bonds is 4. The van der Waals surface area contributed by atoms with Crippen LogP contribution >= 0.6 is 11.8 Å². The third-order valence-electron chi connectivity index (χ3n) is 2.59. The maximum atomic E-state index is 8.96. The zero-order chi connectivity index (χ0) is 12.1. The lowest BCUT2D eigenvalue weighted by Crippen LogP contribution is -1.84. The largest absolute Gasteiger partial charge is 0.392 e. The molecular weight excluding hydrogens is 228 g/mol. The highest BCUT2D eigenvalue weighted by molar-refractivity contribution is 7.98. The number of hydrogen-bond donors (Lipinski definition) is 1. The Hall–Kier alpha value is -1.25. The molecule has 0 amide bonds. The highest BCUT2D eigenvalue weighted by Gasteiger charge is 1.97. The average molecular weight is 244 g/mol. The van der Waals surface area contributed by atoms with Gasteiger partial charge in [-0.15, -0.1) is 11.8 Å². The lowest BCUT2D eigenvalue weighted by atomic mass is 10.2. The van der Waals surface area contributed by atoms with Crippen molar-refractivity contribution in [2.75, 3.05) is 0 Å². The van der Waals surface area contributed by atoms with Crippen molar-refractivity contribution in [3.05, 3.63) is 65.2 Å². The highest BCUT2D eigenvalue weighted by Crippen LogP contribution is 2.23. The fourth-order valence-electron chi connectivity index (χ4n) is 1.66. The smallest absolute Gasteiger partial charge is 0.0681 e. The molecule has 0 aliphatic rings. The van der Waals surface area contributed by atoms with Gasteiger partial charge in [-0.25, -0.2) is 0 Å². The number of thioether (sulfide) groups is 1. The Morgan fingerprint density at radius 2 is 1.76 bits per heavy atom. The molecule has 0 heterocycles. The summed E-state index contributed by atoms with van der Waals surface area (Å²) in [7, 11) is 0. The minimum absolute atomic E-state index is 0.114. The van der Waals surface area contributed by atoms with Crippen molar-refractivity contribution in [1.82, 2.24) is 0 Å².